The van der Waals surface area contributed by atoms with Crippen LogP contribution in [0.5, 0.6) is 0 Å². The second kappa shape index (κ2) is 8.33. The maximum Gasteiger partial charge on any atom is 0.271 e. The minimum Gasteiger partial charge on any atom is -0.350 e. The quantitative estimate of drug-likeness (QED) is 0.811. The minimum absolute atomic E-state index is 0.149. The number of amides is 1. The average molecular weight is 362 g/mol. The second-order valence-electron chi connectivity index (χ2n) is 7.26. The molecule has 0 atom stereocenters. The Morgan fingerprint density at radius 1 is 1.07 bits per heavy atom. The van der Waals surface area contributed by atoms with Gasteiger partial charge in [0.05, 0.1) is 12.4 Å². The van der Waals surface area contributed by atoms with Crippen LogP contribution in [0.2, 0.25) is 0 Å². The number of benzene rings is 1. The molecule has 27 heavy (non-hydrogen) atoms. The lowest BCUT2D eigenvalue weighted by molar-refractivity contribution is 0.0948. The second-order valence-corrected chi connectivity index (χ2v) is 7.26. The maximum absolute atomic E-state index is 12.3. The number of anilines is 2. The van der Waals surface area contributed by atoms with E-state index in [1.807, 2.05) is 6.07 Å². The summed E-state index contributed by atoms with van der Waals surface area (Å²) in [6.45, 7) is 1.58. The van der Waals surface area contributed by atoms with Gasteiger partial charge in [-0.1, -0.05) is 29.8 Å². The van der Waals surface area contributed by atoms with Crippen LogP contribution in [0.4, 0.5) is 11.5 Å². The third-order valence-corrected chi connectivity index (χ3v) is 5.37. The number of nitrogens with one attached hydrogen (secondary N) is 1. The van der Waals surface area contributed by atoms with E-state index in [2.05, 4.69) is 44.5 Å². The number of para-hydroxylation sites is 1. The highest BCUT2D eigenvalue weighted by molar-refractivity contribution is 5.92. The SMILES string of the molecule is O=C(NCCC1=CCCCC1)c1cnc(N2CCCc3ccccc32)cn1. The van der Waals surface area contributed by atoms with Crippen molar-refractivity contribution < 1.29 is 4.79 Å². The van der Waals surface area contributed by atoms with Gasteiger partial charge < -0.3 is 10.2 Å². The molecule has 0 unspecified atom stereocenters. The zero-order valence-electron chi connectivity index (χ0n) is 15.7. The first kappa shape index (κ1) is 17.7. The van der Waals surface area contributed by atoms with Gasteiger partial charge in [-0.15, -0.1) is 0 Å². The first-order valence-corrected chi connectivity index (χ1v) is 9.95. The predicted octanol–water partition coefficient (Wildman–Crippen LogP) is 4.18. The molecule has 0 bridgehead atoms. The van der Waals surface area contributed by atoms with Gasteiger partial charge in [0, 0.05) is 18.8 Å². The van der Waals surface area contributed by atoms with Crippen molar-refractivity contribution in [2.24, 2.45) is 0 Å². The van der Waals surface area contributed by atoms with Gasteiger partial charge in [0.2, 0.25) is 0 Å². The lowest BCUT2D eigenvalue weighted by atomic mass is 9.97. The van der Waals surface area contributed by atoms with Crippen LogP contribution in [0, 0.1) is 0 Å². The van der Waals surface area contributed by atoms with Gasteiger partial charge in [-0.3, -0.25) is 4.79 Å². The van der Waals surface area contributed by atoms with Gasteiger partial charge in [0.15, 0.2) is 5.82 Å². The molecule has 1 amide bonds. The summed E-state index contributed by atoms with van der Waals surface area (Å²) in [6.07, 6.45) is 13.6. The van der Waals surface area contributed by atoms with Crippen molar-refractivity contribution in [3.05, 3.63) is 59.6 Å². The standard InChI is InChI=1S/C22H26N4O/c27-22(23-13-12-17-7-2-1-3-8-17)19-15-25-21(16-24-19)26-14-6-10-18-9-4-5-11-20(18)26/h4-5,7,9,11,15-16H,1-3,6,8,10,12-14H2,(H,23,27). The number of hydrogen-bond acceptors (Lipinski definition) is 4. The fourth-order valence-electron chi connectivity index (χ4n) is 3.91. The monoisotopic (exact) mass is 362 g/mol. The highest BCUT2D eigenvalue weighted by Crippen LogP contribution is 2.31. The first-order chi connectivity index (χ1) is 13.3. The summed E-state index contributed by atoms with van der Waals surface area (Å²) < 4.78 is 0. The number of allylic oxidation sites excluding steroid dienone is 1. The molecule has 0 spiro atoms. The van der Waals surface area contributed by atoms with Gasteiger partial charge in [-0.05, 0) is 56.6 Å². The van der Waals surface area contributed by atoms with Gasteiger partial charge in [-0.2, -0.15) is 0 Å². The molecule has 1 N–H and O–H groups in total. The molecular formula is C22H26N4O. The lowest BCUT2D eigenvalue weighted by Gasteiger charge is -2.30. The van der Waals surface area contributed by atoms with Crippen LogP contribution in [0.25, 0.3) is 0 Å². The van der Waals surface area contributed by atoms with Crippen molar-refractivity contribution in [2.75, 3.05) is 18.0 Å². The Morgan fingerprint density at radius 3 is 2.81 bits per heavy atom. The first-order valence-electron chi connectivity index (χ1n) is 9.95. The molecule has 2 aromatic rings. The fraction of sp³-hybridized carbons (Fsp3) is 0.409. The minimum atomic E-state index is -0.149. The maximum atomic E-state index is 12.3. The molecule has 1 aliphatic carbocycles. The molecule has 0 radical (unpaired) electrons. The number of rotatable bonds is 5. The van der Waals surface area contributed by atoms with E-state index in [1.54, 1.807) is 12.4 Å². The Bertz CT molecular complexity index is 828. The van der Waals surface area contributed by atoms with Crippen LogP contribution in [0.3, 0.4) is 0 Å². The van der Waals surface area contributed by atoms with Crippen LogP contribution in [0.1, 0.15) is 54.6 Å². The summed E-state index contributed by atoms with van der Waals surface area (Å²) in [4.78, 5) is 23.4. The Morgan fingerprint density at radius 2 is 2.00 bits per heavy atom. The highest BCUT2D eigenvalue weighted by atomic mass is 16.1. The molecule has 1 aromatic carbocycles. The van der Waals surface area contributed by atoms with Crippen molar-refractivity contribution in [3.63, 3.8) is 0 Å². The molecular weight excluding hydrogens is 336 g/mol. The van der Waals surface area contributed by atoms with Crippen LogP contribution < -0.4 is 10.2 Å². The molecule has 1 aromatic heterocycles. The number of carbonyl (C=O) groups excluding carboxylic acids is 1. The largest absolute Gasteiger partial charge is 0.350 e. The molecule has 0 saturated carbocycles. The third-order valence-electron chi connectivity index (χ3n) is 5.37. The Kier molecular flexibility index (Phi) is 5.47. The van der Waals surface area contributed by atoms with Crippen molar-refractivity contribution in [1.29, 1.82) is 0 Å². The summed E-state index contributed by atoms with van der Waals surface area (Å²) in [7, 11) is 0. The van der Waals surface area contributed by atoms with E-state index in [0.717, 1.165) is 31.6 Å². The lowest BCUT2D eigenvalue weighted by Crippen LogP contribution is -2.27. The van der Waals surface area contributed by atoms with Gasteiger partial charge in [-0.25, -0.2) is 9.97 Å². The Balaban J connectivity index is 1.37. The number of aryl methyl sites for hydroxylation is 1. The fourth-order valence-corrected chi connectivity index (χ4v) is 3.91. The van der Waals surface area contributed by atoms with Gasteiger partial charge >= 0.3 is 0 Å². The average Bonchev–Trinajstić information content (AvgIpc) is 2.74. The summed E-state index contributed by atoms with van der Waals surface area (Å²) in [5.41, 5.74) is 4.37. The summed E-state index contributed by atoms with van der Waals surface area (Å²) in [6, 6.07) is 8.41. The van der Waals surface area contributed by atoms with E-state index < -0.39 is 0 Å². The van der Waals surface area contributed by atoms with E-state index in [0.29, 0.717) is 12.2 Å². The zero-order chi connectivity index (χ0) is 18.5. The number of fused-ring (bicyclic) bond motifs is 1. The number of carbonyl (C=O) groups is 1. The van der Waals surface area contributed by atoms with Crippen molar-refractivity contribution in [2.45, 2.75) is 44.9 Å². The highest BCUT2D eigenvalue weighted by Gasteiger charge is 2.19. The van der Waals surface area contributed by atoms with Crippen LogP contribution in [-0.4, -0.2) is 29.0 Å². The predicted molar refractivity (Wildman–Crippen MR) is 107 cm³/mol. The van der Waals surface area contributed by atoms with E-state index in [-0.39, 0.29) is 5.91 Å². The van der Waals surface area contributed by atoms with Crippen molar-refractivity contribution in [3.8, 4) is 0 Å². The van der Waals surface area contributed by atoms with Crippen LogP contribution in [-0.2, 0) is 6.42 Å². The Labute approximate surface area is 160 Å². The topological polar surface area (TPSA) is 58.1 Å². The van der Waals surface area contributed by atoms with Gasteiger partial charge in [0.25, 0.3) is 5.91 Å². The van der Waals surface area contributed by atoms with E-state index in [9.17, 15) is 4.79 Å². The smallest absolute Gasteiger partial charge is 0.271 e. The molecule has 4 rings (SSSR count). The summed E-state index contributed by atoms with van der Waals surface area (Å²) in [5.74, 6) is 0.649. The molecule has 0 saturated heterocycles. The van der Waals surface area contributed by atoms with E-state index >= 15 is 0 Å². The van der Waals surface area contributed by atoms with E-state index in [1.165, 1.54) is 42.5 Å². The molecule has 2 aliphatic rings. The third kappa shape index (κ3) is 4.18. The molecule has 1 aliphatic heterocycles. The number of hydrogen-bond donors (Lipinski definition) is 1. The van der Waals surface area contributed by atoms with Crippen LogP contribution in [0.15, 0.2) is 48.3 Å². The summed E-state index contributed by atoms with van der Waals surface area (Å²) >= 11 is 0. The normalized spacial score (nSPS) is 16.4. The van der Waals surface area contributed by atoms with Crippen LogP contribution >= 0.6 is 0 Å². The van der Waals surface area contributed by atoms with E-state index in [4.69, 9.17) is 0 Å². The number of aromatic nitrogens is 2. The molecule has 5 nitrogen and oxygen atoms in total. The number of nitrogens with zero attached hydrogens (tertiary/aromatic N) is 3. The van der Waals surface area contributed by atoms with Crippen molar-refractivity contribution >= 4 is 17.4 Å². The zero-order valence-corrected chi connectivity index (χ0v) is 15.7. The van der Waals surface area contributed by atoms with Gasteiger partial charge in [0.1, 0.15) is 5.69 Å². The summed E-state index contributed by atoms with van der Waals surface area (Å²) in [5, 5.41) is 2.97. The van der Waals surface area contributed by atoms with Crippen molar-refractivity contribution in [1.82, 2.24) is 15.3 Å². The molecule has 5 heteroatoms. The molecule has 2 heterocycles. The molecule has 0 fully saturated rings. The Hall–Kier alpha value is -2.69. The molecule has 140 valence electrons.